The van der Waals surface area contributed by atoms with Gasteiger partial charge in [0.25, 0.3) is 0 Å². The second-order valence-electron chi connectivity index (χ2n) is 5.83. The molecule has 4 heteroatoms. The number of aromatic nitrogens is 1. The van der Waals surface area contributed by atoms with Crippen LogP contribution in [0.5, 0.6) is 5.75 Å². The number of nitrogens with two attached hydrogens (primary N) is 1. The van der Waals surface area contributed by atoms with Crippen molar-refractivity contribution < 1.29 is 4.74 Å². The minimum atomic E-state index is 0.539. The normalized spacial score (nSPS) is 10.8. The lowest BCUT2D eigenvalue weighted by molar-refractivity contribution is 0.339. The summed E-state index contributed by atoms with van der Waals surface area (Å²) in [5.41, 5.74) is 12.4. The van der Waals surface area contributed by atoms with Gasteiger partial charge in [0.2, 0.25) is 0 Å². The van der Waals surface area contributed by atoms with Crippen LogP contribution in [-0.2, 0) is 6.54 Å². The Bertz CT molecular complexity index is 855. The Morgan fingerprint density at radius 3 is 2.75 bits per heavy atom. The minimum absolute atomic E-state index is 0.539. The lowest BCUT2D eigenvalue weighted by Gasteiger charge is -2.13. The van der Waals surface area contributed by atoms with Crippen LogP contribution < -0.4 is 10.5 Å². The number of hydrogen-bond acceptors (Lipinski definition) is 4. The molecule has 0 saturated heterocycles. The van der Waals surface area contributed by atoms with Gasteiger partial charge in [0.1, 0.15) is 10.8 Å². The van der Waals surface area contributed by atoms with E-state index in [4.69, 9.17) is 15.5 Å². The van der Waals surface area contributed by atoms with Crippen molar-refractivity contribution in [1.82, 2.24) is 4.98 Å². The van der Waals surface area contributed by atoms with Crippen LogP contribution in [0.1, 0.15) is 23.6 Å². The Morgan fingerprint density at radius 1 is 1.17 bits per heavy atom. The van der Waals surface area contributed by atoms with Crippen LogP contribution in [0.25, 0.3) is 21.8 Å². The van der Waals surface area contributed by atoms with Crippen molar-refractivity contribution in [1.29, 1.82) is 0 Å². The highest BCUT2D eigenvalue weighted by Crippen LogP contribution is 2.37. The van der Waals surface area contributed by atoms with E-state index in [2.05, 4.69) is 43.5 Å². The molecule has 24 heavy (non-hydrogen) atoms. The topological polar surface area (TPSA) is 48.1 Å². The monoisotopic (exact) mass is 338 g/mol. The molecule has 3 rings (SSSR count). The summed E-state index contributed by atoms with van der Waals surface area (Å²) in [6.07, 6.45) is 0. The van der Waals surface area contributed by atoms with E-state index in [0.717, 1.165) is 38.7 Å². The summed E-state index contributed by atoms with van der Waals surface area (Å²) in [5, 5.41) is 3.10. The van der Waals surface area contributed by atoms with Crippen molar-refractivity contribution in [3.63, 3.8) is 0 Å². The highest BCUT2D eigenvalue weighted by Gasteiger charge is 2.14. The van der Waals surface area contributed by atoms with Gasteiger partial charge in [-0.15, -0.1) is 11.3 Å². The fourth-order valence-electron chi connectivity index (χ4n) is 2.84. The number of rotatable bonds is 5. The second kappa shape index (κ2) is 7.16. The van der Waals surface area contributed by atoms with Crippen molar-refractivity contribution in [2.75, 3.05) is 6.61 Å². The van der Waals surface area contributed by atoms with Gasteiger partial charge >= 0.3 is 0 Å². The summed E-state index contributed by atoms with van der Waals surface area (Å²) in [6, 6.07) is 12.5. The summed E-state index contributed by atoms with van der Waals surface area (Å²) in [6.45, 7) is 7.38. The van der Waals surface area contributed by atoms with Crippen LogP contribution in [0.4, 0.5) is 0 Å². The van der Waals surface area contributed by atoms with E-state index in [9.17, 15) is 0 Å². The summed E-state index contributed by atoms with van der Waals surface area (Å²) in [5.74, 6) is 0.927. The molecule has 0 aliphatic rings. The molecule has 1 heterocycles. The number of hydrogen-bond donors (Lipinski definition) is 1. The third-order valence-electron chi connectivity index (χ3n) is 3.90. The minimum Gasteiger partial charge on any atom is -0.493 e. The average Bonchev–Trinajstić information content (AvgIpc) is 3.07. The molecule has 0 fully saturated rings. The summed E-state index contributed by atoms with van der Waals surface area (Å²) in [4.78, 5) is 4.85. The van der Waals surface area contributed by atoms with E-state index in [1.165, 1.54) is 5.56 Å². The molecule has 2 N–H and O–H groups in total. The lowest BCUT2D eigenvalue weighted by Crippen LogP contribution is -1.98. The van der Waals surface area contributed by atoms with Crippen LogP contribution in [-0.4, -0.2) is 11.6 Å². The average molecular weight is 338 g/mol. The van der Waals surface area contributed by atoms with E-state index < -0.39 is 0 Å². The molecule has 0 aliphatic heterocycles. The van der Waals surface area contributed by atoms with Crippen LogP contribution in [0.15, 0.2) is 41.8 Å². The SMILES string of the molecule is CCOc1c(C)cc(C)cc1-c1csc(-c2cccc(CN)c2)n1. The second-order valence-corrected chi connectivity index (χ2v) is 6.69. The first-order chi connectivity index (χ1) is 11.6. The van der Waals surface area contributed by atoms with Gasteiger partial charge in [0.15, 0.2) is 0 Å². The van der Waals surface area contributed by atoms with Crippen LogP contribution in [0.3, 0.4) is 0 Å². The van der Waals surface area contributed by atoms with Crippen molar-refractivity contribution in [2.45, 2.75) is 27.3 Å². The van der Waals surface area contributed by atoms with E-state index >= 15 is 0 Å². The van der Waals surface area contributed by atoms with Gasteiger partial charge in [-0.1, -0.05) is 24.3 Å². The summed E-state index contributed by atoms with van der Waals surface area (Å²) < 4.78 is 5.88. The Labute approximate surface area is 147 Å². The third kappa shape index (κ3) is 3.35. The maximum absolute atomic E-state index is 5.88. The molecular weight excluding hydrogens is 316 g/mol. The number of aryl methyl sites for hydroxylation is 2. The van der Waals surface area contributed by atoms with Crippen molar-refractivity contribution in [2.24, 2.45) is 5.73 Å². The van der Waals surface area contributed by atoms with Crippen molar-refractivity contribution >= 4 is 11.3 Å². The molecule has 1 aromatic heterocycles. The summed E-state index contributed by atoms with van der Waals surface area (Å²) >= 11 is 1.65. The van der Waals surface area contributed by atoms with Crippen LogP contribution in [0, 0.1) is 13.8 Å². The lowest BCUT2D eigenvalue weighted by atomic mass is 10.0. The van der Waals surface area contributed by atoms with Gasteiger partial charge < -0.3 is 10.5 Å². The molecule has 0 unspecified atom stereocenters. The number of ether oxygens (including phenoxy) is 1. The molecule has 0 atom stereocenters. The van der Waals surface area contributed by atoms with E-state index in [1.54, 1.807) is 11.3 Å². The number of nitrogens with zero attached hydrogens (tertiary/aromatic N) is 1. The molecule has 2 aromatic carbocycles. The largest absolute Gasteiger partial charge is 0.493 e. The zero-order valence-corrected chi connectivity index (χ0v) is 15.1. The Balaban J connectivity index is 2.04. The van der Waals surface area contributed by atoms with Crippen molar-refractivity contribution in [3.05, 3.63) is 58.5 Å². The van der Waals surface area contributed by atoms with Gasteiger partial charge in [-0.25, -0.2) is 4.98 Å². The maximum Gasteiger partial charge on any atom is 0.131 e. The predicted octanol–water partition coefficient (Wildman–Crippen LogP) is 4.95. The predicted molar refractivity (Wildman–Crippen MR) is 102 cm³/mol. The van der Waals surface area contributed by atoms with E-state index in [1.807, 2.05) is 19.1 Å². The van der Waals surface area contributed by atoms with Gasteiger partial charge in [-0.2, -0.15) is 0 Å². The Kier molecular flexibility index (Phi) is 4.97. The molecule has 0 aliphatic carbocycles. The molecule has 0 radical (unpaired) electrons. The highest BCUT2D eigenvalue weighted by molar-refractivity contribution is 7.13. The zero-order chi connectivity index (χ0) is 17.1. The quantitative estimate of drug-likeness (QED) is 0.716. The van der Waals surface area contributed by atoms with Gasteiger partial charge in [-0.05, 0) is 49.6 Å². The van der Waals surface area contributed by atoms with Crippen LogP contribution >= 0.6 is 11.3 Å². The highest BCUT2D eigenvalue weighted by atomic mass is 32.1. The van der Waals surface area contributed by atoms with Crippen LogP contribution in [0.2, 0.25) is 0 Å². The van der Waals surface area contributed by atoms with Gasteiger partial charge in [0.05, 0.1) is 12.3 Å². The fraction of sp³-hybridized carbons (Fsp3) is 0.250. The first-order valence-electron chi connectivity index (χ1n) is 8.11. The molecule has 3 aromatic rings. The third-order valence-corrected chi connectivity index (χ3v) is 4.79. The molecule has 0 amide bonds. The first-order valence-corrected chi connectivity index (χ1v) is 8.99. The first kappa shape index (κ1) is 16.7. The standard InChI is InChI=1S/C20H22N2OS/c1-4-23-19-14(3)8-13(2)9-17(19)18-12-24-20(22-18)16-7-5-6-15(10-16)11-21/h5-10,12H,4,11,21H2,1-3H3. The van der Waals surface area contributed by atoms with E-state index in [0.29, 0.717) is 13.2 Å². The van der Waals surface area contributed by atoms with Gasteiger partial charge in [-0.3, -0.25) is 0 Å². The molecule has 0 spiro atoms. The molecule has 0 bridgehead atoms. The maximum atomic E-state index is 5.88. The Morgan fingerprint density at radius 2 is 2.00 bits per heavy atom. The van der Waals surface area contributed by atoms with Gasteiger partial charge in [0, 0.05) is 23.1 Å². The zero-order valence-electron chi connectivity index (χ0n) is 14.3. The van der Waals surface area contributed by atoms with Crippen molar-refractivity contribution in [3.8, 4) is 27.6 Å². The Hall–Kier alpha value is -2.17. The molecule has 124 valence electrons. The van der Waals surface area contributed by atoms with E-state index in [-0.39, 0.29) is 0 Å². The summed E-state index contributed by atoms with van der Waals surface area (Å²) in [7, 11) is 0. The molecule has 0 saturated carbocycles. The molecule has 3 nitrogen and oxygen atoms in total. The fourth-order valence-corrected chi connectivity index (χ4v) is 3.66. The smallest absolute Gasteiger partial charge is 0.131 e. The number of benzene rings is 2. The molecular formula is C20H22N2OS. The number of thiazole rings is 1.